The van der Waals surface area contributed by atoms with Crippen LogP contribution in [0, 0.1) is 11.7 Å². The van der Waals surface area contributed by atoms with Gasteiger partial charge in [0.15, 0.2) is 11.6 Å². The summed E-state index contributed by atoms with van der Waals surface area (Å²) in [5.74, 6) is -0.369. The molecule has 2 aliphatic rings. The molecule has 0 spiro atoms. The predicted octanol–water partition coefficient (Wildman–Crippen LogP) is 3.38. The Balaban J connectivity index is 0.00000110. The van der Waals surface area contributed by atoms with E-state index in [1.807, 2.05) is 0 Å². The zero-order valence-corrected chi connectivity index (χ0v) is 13.9. The Kier molecular flexibility index (Phi) is 7.01. The van der Waals surface area contributed by atoms with Gasteiger partial charge in [-0.2, -0.15) is 0 Å². The zero-order chi connectivity index (χ0) is 13.4. The Labute approximate surface area is 141 Å². The van der Waals surface area contributed by atoms with E-state index in [1.165, 1.54) is 6.07 Å². The molecule has 0 aromatic heterocycles. The van der Waals surface area contributed by atoms with E-state index in [0.717, 1.165) is 39.0 Å². The summed E-state index contributed by atoms with van der Waals surface area (Å²) in [5, 5.41) is 13.8. The molecule has 1 aliphatic heterocycles. The van der Waals surface area contributed by atoms with Gasteiger partial charge >= 0.3 is 0 Å². The molecule has 1 heterocycles. The summed E-state index contributed by atoms with van der Waals surface area (Å²) in [5.41, 5.74) is 0.575. The van der Waals surface area contributed by atoms with Gasteiger partial charge in [0.05, 0.1) is 0 Å². The Hall–Kier alpha value is -0.260. The van der Waals surface area contributed by atoms with E-state index in [1.54, 1.807) is 6.07 Å². The highest BCUT2D eigenvalue weighted by molar-refractivity contribution is 6.31. The van der Waals surface area contributed by atoms with Crippen LogP contribution in [-0.4, -0.2) is 36.2 Å². The normalized spacial score (nSPS) is 20.3. The summed E-state index contributed by atoms with van der Waals surface area (Å²) in [7, 11) is 0. The summed E-state index contributed by atoms with van der Waals surface area (Å²) in [6, 6.07) is 2.82. The van der Waals surface area contributed by atoms with E-state index >= 15 is 0 Å². The first-order valence-electron chi connectivity index (χ1n) is 6.80. The van der Waals surface area contributed by atoms with Crippen molar-refractivity contribution in [2.24, 2.45) is 5.92 Å². The number of nitrogens with one attached hydrogen (secondary N) is 1. The van der Waals surface area contributed by atoms with Gasteiger partial charge < -0.3 is 10.4 Å². The lowest BCUT2D eigenvalue weighted by Gasteiger charge is -2.36. The quantitative estimate of drug-likeness (QED) is 0.870. The second kappa shape index (κ2) is 7.84. The van der Waals surface area contributed by atoms with Crippen LogP contribution in [0.1, 0.15) is 24.4 Å². The molecule has 2 fully saturated rings. The summed E-state index contributed by atoms with van der Waals surface area (Å²) in [4.78, 5) is 2.31. The Bertz CT molecular complexity index is 480. The number of phenols is 1. The Morgan fingerprint density at radius 1 is 1.24 bits per heavy atom. The number of piperazine rings is 1. The molecule has 0 bridgehead atoms. The SMILES string of the molecule is Cl.Cl.Oc1c(F)ccc(Cl)c1[C@@H](C1CC1)N1CCNCC1. The summed E-state index contributed by atoms with van der Waals surface area (Å²) in [6.07, 6.45) is 2.25. The molecule has 1 aromatic rings. The topological polar surface area (TPSA) is 35.5 Å². The highest BCUT2D eigenvalue weighted by atomic mass is 35.5. The van der Waals surface area contributed by atoms with Crippen molar-refractivity contribution in [2.75, 3.05) is 26.2 Å². The van der Waals surface area contributed by atoms with Crippen LogP contribution in [0.2, 0.25) is 5.02 Å². The van der Waals surface area contributed by atoms with E-state index in [2.05, 4.69) is 10.2 Å². The van der Waals surface area contributed by atoms with Crippen molar-refractivity contribution in [3.63, 3.8) is 0 Å². The molecule has 0 amide bonds. The largest absolute Gasteiger partial charge is 0.505 e. The molecular formula is C14H20Cl3FN2O. The molecule has 7 heteroatoms. The zero-order valence-electron chi connectivity index (χ0n) is 11.5. The Morgan fingerprint density at radius 3 is 2.43 bits per heavy atom. The van der Waals surface area contributed by atoms with Gasteiger partial charge in [0.25, 0.3) is 0 Å². The smallest absolute Gasteiger partial charge is 0.165 e. The number of rotatable bonds is 3. The van der Waals surface area contributed by atoms with Crippen LogP contribution in [0.25, 0.3) is 0 Å². The lowest BCUT2D eigenvalue weighted by molar-refractivity contribution is 0.153. The van der Waals surface area contributed by atoms with Crippen LogP contribution in [0.5, 0.6) is 5.75 Å². The third-order valence-corrected chi connectivity index (χ3v) is 4.35. The highest BCUT2D eigenvalue weighted by Gasteiger charge is 2.39. The van der Waals surface area contributed by atoms with Crippen LogP contribution in [-0.2, 0) is 0 Å². The maximum Gasteiger partial charge on any atom is 0.165 e. The van der Waals surface area contributed by atoms with Crippen molar-refractivity contribution in [1.82, 2.24) is 10.2 Å². The van der Waals surface area contributed by atoms with E-state index < -0.39 is 5.82 Å². The molecule has 120 valence electrons. The van der Waals surface area contributed by atoms with E-state index in [4.69, 9.17) is 11.6 Å². The third-order valence-electron chi connectivity index (χ3n) is 4.02. The number of phenolic OH excluding ortho intramolecular Hbond substituents is 1. The molecular weight excluding hydrogens is 338 g/mol. The molecule has 1 atom stereocenters. The first kappa shape index (κ1) is 18.8. The first-order chi connectivity index (χ1) is 9.18. The number of aromatic hydroxyl groups is 1. The van der Waals surface area contributed by atoms with Gasteiger partial charge in [0.1, 0.15) is 0 Å². The van der Waals surface area contributed by atoms with Gasteiger partial charge in [0, 0.05) is 42.8 Å². The minimum atomic E-state index is -0.583. The fourth-order valence-corrected chi connectivity index (χ4v) is 3.19. The van der Waals surface area contributed by atoms with Crippen LogP contribution < -0.4 is 5.32 Å². The van der Waals surface area contributed by atoms with Gasteiger partial charge in [-0.25, -0.2) is 4.39 Å². The molecule has 3 rings (SSSR count). The van der Waals surface area contributed by atoms with Gasteiger partial charge in [-0.3, -0.25) is 4.90 Å². The summed E-state index contributed by atoms with van der Waals surface area (Å²) in [6.45, 7) is 3.68. The lowest BCUT2D eigenvalue weighted by atomic mass is 9.98. The van der Waals surface area contributed by atoms with Gasteiger partial charge in [0.2, 0.25) is 0 Å². The molecule has 1 aliphatic carbocycles. The van der Waals surface area contributed by atoms with Gasteiger partial charge in [-0.05, 0) is 30.9 Å². The summed E-state index contributed by atoms with van der Waals surface area (Å²) >= 11 is 6.22. The second-order valence-electron chi connectivity index (χ2n) is 5.36. The number of nitrogens with zero attached hydrogens (tertiary/aromatic N) is 1. The molecule has 1 saturated heterocycles. The highest BCUT2D eigenvalue weighted by Crippen LogP contribution is 2.49. The van der Waals surface area contributed by atoms with E-state index in [0.29, 0.717) is 16.5 Å². The number of hydrogen-bond donors (Lipinski definition) is 2. The fourth-order valence-electron chi connectivity index (χ4n) is 2.93. The predicted molar refractivity (Wildman–Crippen MR) is 87.5 cm³/mol. The maximum absolute atomic E-state index is 13.6. The molecule has 1 aromatic carbocycles. The molecule has 3 nitrogen and oxygen atoms in total. The van der Waals surface area contributed by atoms with Crippen molar-refractivity contribution in [3.05, 3.63) is 28.5 Å². The van der Waals surface area contributed by atoms with Crippen LogP contribution in [0.15, 0.2) is 12.1 Å². The monoisotopic (exact) mass is 356 g/mol. The van der Waals surface area contributed by atoms with E-state index in [-0.39, 0.29) is 36.6 Å². The van der Waals surface area contributed by atoms with Gasteiger partial charge in [-0.1, -0.05) is 11.6 Å². The van der Waals surface area contributed by atoms with Crippen molar-refractivity contribution in [3.8, 4) is 5.75 Å². The molecule has 0 radical (unpaired) electrons. The average Bonchev–Trinajstić information content (AvgIpc) is 3.24. The number of halogens is 4. The van der Waals surface area contributed by atoms with Crippen molar-refractivity contribution >= 4 is 36.4 Å². The number of hydrogen-bond acceptors (Lipinski definition) is 3. The van der Waals surface area contributed by atoms with Gasteiger partial charge in [-0.15, -0.1) is 24.8 Å². The Morgan fingerprint density at radius 2 is 1.86 bits per heavy atom. The third kappa shape index (κ3) is 3.93. The average molecular weight is 358 g/mol. The maximum atomic E-state index is 13.6. The van der Waals surface area contributed by atoms with Crippen molar-refractivity contribution in [1.29, 1.82) is 0 Å². The second-order valence-corrected chi connectivity index (χ2v) is 5.77. The van der Waals surface area contributed by atoms with Crippen molar-refractivity contribution in [2.45, 2.75) is 18.9 Å². The first-order valence-corrected chi connectivity index (χ1v) is 7.18. The summed E-state index contributed by atoms with van der Waals surface area (Å²) < 4.78 is 13.6. The van der Waals surface area contributed by atoms with Crippen molar-refractivity contribution < 1.29 is 9.50 Å². The minimum Gasteiger partial charge on any atom is -0.505 e. The number of benzene rings is 1. The van der Waals surface area contributed by atoms with Crippen LogP contribution in [0.3, 0.4) is 0 Å². The molecule has 21 heavy (non-hydrogen) atoms. The van der Waals surface area contributed by atoms with Crippen LogP contribution in [0.4, 0.5) is 4.39 Å². The molecule has 1 saturated carbocycles. The fraction of sp³-hybridized carbons (Fsp3) is 0.571. The molecule has 0 unspecified atom stereocenters. The molecule has 2 N–H and O–H groups in total. The van der Waals surface area contributed by atoms with E-state index in [9.17, 15) is 9.50 Å². The standard InChI is InChI=1S/C14H18ClFN2O.2ClH/c15-10-3-4-11(16)14(19)12(10)13(9-1-2-9)18-7-5-17-6-8-18;;/h3-4,9,13,17,19H,1-2,5-8H2;2*1H/t13-;;/m1../s1. The lowest BCUT2D eigenvalue weighted by Crippen LogP contribution is -2.45. The van der Waals surface area contributed by atoms with Crippen LogP contribution >= 0.6 is 36.4 Å². The minimum absolute atomic E-state index is 0.